The number of aliphatic hydroxyl groups excluding tert-OH is 3. The van der Waals surface area contributed by atoms with E-state index in [4.69, 9.17) is 10.7 Å². The fourth-order valence-electron chi connectivity index (χ4n) is 12.6. The van der Waals surface area contributed by atoms with E-state index in [1.807, 2.05) is 7.05 Å². The molecule has 7 N–H and O–H groups in total. The number of carbonyl (C=O) groups is 1. The first kappa shape index (κ1) is 37.7. The van der Waals surface area contributed by atoms with Crippen LogP contribution in [0.3, 0.4) is 0 Å². The maximum Gasteiger partial charge on any atom is 0.189 e. The molecule has 7 atom stereocenters. The fraction of sp³-hybridized carbons (Fsp3) is 0.756. The zero-order valence-electron chi connectivity index (χ0n) is 31.0. The number of carbonyl (C=O) groups excluding carboxylic acids is 1. The SMILES string of the molecule is CNCc1ccc(CO)c(CC2CN=C(N)NC23CCCC2=C4CC5CC(CO)C(CCCO)C4(CC2=O)C5(C)CCSSC32CCCCC2)c1. The standard InChI is InChI=1S/C41H62N4O4S2/c1-38-15-17-50-51-39(12-4-3-5-13-39)41(32(24-44-37(42)45-41)19-29-18-27(23-43-2)10-11-28(29)25-47)14-6-8-33-35-21-31(38)20-30(26-48)34(9-7-16-46)40(35,38)22-36(33)49/h10-11,18,30-32,34,43,46-48H,3-9,12-17,19-26H2,1-2H3,(H3,42,44,45). The van der Waals surface area contributed by atoms with Gasteiger partial charge in [0.2, 0.25) is 0 Å². The minimum Gasteiger partial charge on any atom is -0.396 e. The van der Waals surface area contributed by atoms with Crippen molar-refractivity contribution in [3.8, 4) is 0 Å². The van der Waals surface area contributed by atoms with E-state index in [1.54, 1.807) is 0 Å². The highest BCUT2D eigenvalue weighted by Gasteiger charge is 2.70. The fourth-order valence-corrected chi connectivity index (χ4v) is 16.5. The summed E-state index contributed by atoms with van der Waals surface area (Å²) in [6, 6.07) is 6.48. The van der Waals surface area contributed by atoms with Crippen LogP contribution in [-0.4, -0.2) is 69.9 Å². The summed E-state index contributed by atoms with van der Waals surface area (Å²) < 4.78 is -0.0439. The predicted molar refractivity (Wildman–Crippen MR) is 209 cm³/mol. The maximum absolute atomic E-state index is 14.4. The summed E-state index contributed by atoms with van der Waals surface area (Å²) >= 11 is 0. The lowest BCUT2D eigenvalue weighted by atomic mass is 9.47. The maximum atomic E-state index is 14.4. The van der Waals surface area contributed by atoms with Crippen molar-refractivity contribution in [1.29, 1.82) is 0 Å². The van der Waals surface area contributed by atoms with Crippen LogP contribution in [0.1, 0.15) is 114 Å². The van der Waals surface area contributed by atoms with E-state index in [0.29, 0.717) is 30.6 Å². The van der Waals surface area contributed by atoms with Crippen molar-refractivity contribution >= 4 is 33.3 Å². The largest absolute Gasteiger partial charge is 0.396 e. The first-order valence-corrected chi connectivity index (χ1v) is 22.2. The third-order valence-corrected chi connectivity index (χ3v) is 18.4. The number of allylic oxidation sites excluding steroid dienone is 2. The van der Waals surface area contributed by atoms with Gasteiger partial charge in [0.25, 0.3) is 0 Å². The summed E-state index contributed by atoms with van der Waals surface area (Å²) in [4.78, 5) is 19.2. The highest BCUT2D eigenvalue weighted by Crippen LogP contribution is 2.75. The number of ketones is 1. The van der Waals surface area contributed by atoms with E-state index >= 15 is 0 Å². The number of aliphatic hydroxyl groups is 3. The van der Waals surface area contributed by atoms with Crippen LogP contribution < -0.4 is 16.4 Å². The molecule has 7 unspecified atom stereocenters. The molecule has 3 fully saturated rings. The summed E-state index contributed by atoms with van der Waals surface area (Å²) in [7, 11) is 6.16. The van der Waals surface area contributed by atoms with Crippen LogP contribution in [-0.2, 0) is 24.4 Å². The van der Waals surface area contributed by atoms with Gasteiger partial charge < -0.3 is 31.7 Å². The van der Waals surface area contributed by atoms with Gasteiger partial charge in [0.1, 0.15) is 0 Å². The number of aliphatic imine (C=N–C) groups is 1. The molecule has 2 heterocycles. The average molecular weight is 739 g/mol. The van der Waals surface area contributed by atoms with Gasteiger partial charge in [-0.2, -0.15) is 0 Å². The van der Waals surface area contributed by atoms with Crippen LogP contribution in [0.4, 0.5) is 0 Å². The lowest BCUT2D eigenvalue weighted by Gasteiger charge is -2.58. The van der Waals surface area contributed by atoms with E-state index in [2.05, 4.69) is 57.3 Å². The number of nitrogens with two attached hydrogens (primary N) is 1. The Balaban J connectivity index is 1.30. The molecule has 2 aliphatic heterocycles. The minimum atomic E-state index is -0.314. The van der Waals surface area contributed by atoms with Gasteiger partial charge in [0, 0.05) is 54.6 Å². The van der Waals surface area contributed by atoms with Crippen LogP contribution >= 0.6 is 21.6 Å². The summed E-state index contributed by atoms with van der Waals surface area (Å²) in [5.74, 6) is 2.99. The molecule has 3 spiro atoms. The molecule has 5 bridgehead atoms. The smallest absolute Gasteiger partial charge is 0.189 e. The average Bonchev–Trinajstić information content (AvgIpc) is 3.47. The zero-order chi connectivity index (χ0) is 35.9. The molecular weight excluding hydrogens is 677 g/mol. The number of Topliss-reactive ketones (excluding diaryl/α,β-unsaturated/α-hetero) is 1. The molecule has 1 aromatic carbocycles. The first-order valence-electron chi connectivity index (χ1n) is 19.9. The number of guanidine groups is 1. The number of hydrogen-bond donors (Lipinski definition) is 6. The van der Waals surface area contributed by atoms with E-state index in [9.17, 15) is 20.1 Å². The Hall–Kier alpha value is -1.56. The van der Waals surface area contributed by atoms with E-state index < -0.39 is 0 Å². The minimum absolute atomic E-state index is 0.00628. The van der Waals surface area contributed by atoms with Gasteiger partial charge in [-0.25, -0.2) is 0 Å². The molecule has 4 aliphatic carbocycles. The molecule has 10 heteroatoms. The van der Waals surface area contributed by atoms with Gasteiger partial charge in [-0.15, -0.1) is 0 Å². The highest BCUT2D eigenvalue weighted by atomic mass is 33.1. The Kier molecular flexibility index (Phi) is 11.3. The van der Waals surface area contributed by atoms with Crippen LogP contribution in [0, 0.1) is 34.5 Å². The quantitative estimate of drug-likeness (QED) is 0.167. The van der Waals surface area contributed by atoms with Crippen molar-refractivity contribution in [2.24, 2.45) is 45.2 Å². The molecule has 3 saturated carbocycles. The number of hydrogen-bond acceptors (Lipinski definition) is 10. The van der Waals surface area contributed by atoms with Crippen LogP contribution in [0.25, 0.3) is 0 Å². The normalized spacial score (nSPS) is 36.4. The van der Waals surface area contributed by atoms with Crippen molar-refractivity contribution in [1.82, 2.24) is 10.6 Å². The van der Waals surface area contributed by atoms with Gasteiger partial charge in [0.15, 0.2) is 11.7 Å². The van der Waals surface area contributed by atoms with E-state index in [1.165, 1.54) is 36.0 Å². The van der Waals surface area contributed by atoms with Crippen LogP contribution in [0.2, 0.25) is 0 Å². The lowest BCUT2D eigenvalue weighted by Crippen LogP contribution is -2.71. The molecule has 6 aliphatic rings. The van der Waals surface area contributed by atoms with Crippen molar-refractivity contribution in [3.05, 3.63) is 46.0 Å². The third kappa shape index (κ3) is 6.24. The second-order valence-electron chi connectivity index (χ2n) is 17.1. The molecule has 0 aromatic heterocycles. The topological polar surface area (TPSA) is 140 Å². The second kappa shape index (κ2) is 15.3. The third-order valence-electron chi connectivity index (χ3n) is 15.0. The van der Waals surface area contributed by atoms with Gasteiger partial charge >= 0.3 is 0 Å². The number of nitrogens with zero attached hydrogens (tertiary/aromatic N) is 1. The number of fused-ring (bicyclic) bond motifs is 1. The molecule has 7 rings (SSSR count). The van der Waals surface area contributed by atoms with E-state index in [-0.39, 0.29) is 58.7 Å². The predicted octanol–water partition coefficient (Wildman–Crippen LogP) is 6.05. The Morgan fingerprint density at radius 3 is 2.65 bits per heavy atom. The highest BCUT2D eigenvalue weighted by molar-refractivity contribution is 8.77. The van der Waals surface area contributed by atoms with Gasteiger partial charge in [-0.3, -0.25) is 9.79 Å². The van der Waals surface area contributed by atoms with Crippen molar-refractivity contribution in [2.45, 2.75) is 127 Å². The number of rotatable bonds is 9. The zero-order valence-corrected chi connectivity index (χ0v) is 32.6. The summed E-state index contributed by atoms with van der Waals surface area (Å²) in [6.45, 7) is 4.27. The summed E-state index contributed by atoms with van der Waals surface area (Å²) in [5, 5.41) is 38.4. The van der Waals surface area contributed by atoms with Crippen molar-refractivity contribution in [3.63, 3.8) is 0 Å². The molecule has 51 heavy (non-hydrogen) atoms. The van der Waals surface area contributed by atoms with Gasteiger partial charge in [0.05, 0.1) is 12.1 Å². The Morgan fingerprint density at radius 2 is 1.90 bits per heavy atom. The Bertz CT molecular complexity index is 1510. The summed E-state index contributed by atoms with van der Waals surface area (Å²) in [5.41, 5.74) is 12.1. The van der Waals surface area contributed by atoms with Crippen LogP contribution in [0.5, 0.6) is 0 Å². The van der Waals surface area contributed by atoms with Crippen molar-refractivity contribution < 1.29 is 20.1 Å². The lowest BCUT2D eigenvalue weighted by molar-refractivity contribution is -0.125. The van der Waals surface area contributed by atoms with Gasteiger partial charge in [-0.1, -0.05) is 71.5 Å². The first-order chi connectivity index (χ1) is 24.7. The molecule has 0 saturated heterocycles. The second-order valence-corrected chi connectivity index (χ2v) is 19.9. The molecule has 0 radical (unpaired) electrons. The van der Waals surface area contributed by atoms with E-state index in [0.717, 1.165) is 94.1 Å². The number of benzene rings is 1. The Labute approximate surface area is 313 Å². The molecular formula is C41H62N4O4S2. The molecule has 0 amide bonds. The number of nitrogens with one attached hydrogen (secondary N) is 2. The molecule has 1 aromatic rings. The summed E-state index contributed by atoms with van der Waals surface area (Å²) in [6.07, 6.45) is 14.6. The molecule has 282 valence electrons. The Morgan fingerprint density at radius 1 is 1.08 bits per heavy atom. The van der Waals surface area contributed by atoms with Crippen molar-refractivity contribution in [2.75, 3.05) is 32.6 Å². The van der Waals surface area contributed by atoms with Gasteiger partial charge in [-0.05, 0) is 123 Å². The molecule has 8 nitrogen and oxygen atoms in total. The monoisotopic (exact) mass is 738 g/mol. The van der Waals surface area contributed by atoms with Crippen LogP contribution in [0.15, 0.2) is 34.3 Å².